The summed E-state index contributed by atoms with van der Waals surface area (Å²) in [7, 11) is 6.08. The lowest BCUT2D eigenvalue weighted by Gasteiger charge is -2.52. The van der Waals surface area contributed by atoms with Gasteiger partial charge >= 0.3 is 6.09 Å². The summed E-state index contributed by atoms with van der Waals surface area (Å²) in [5.41, 5.74) is 4.22. The zero-order valence-corrected chi connectivity index (χ0v) is 37.3. The van der Waals surface area contributed by atoms with Gasteiger partial charge in [0.25, 0.3) is 0 Å². The summed E-state index contributed by atoms with van der Waals surface area (Å²) in [6.07, 6.45) is -8.54. The molecule has 0 aromatic heterocycles. The molecule has 4 aliphatic rings. The van der Waals surface area contributed by atoms with E-state index in [2.05, 4.69) is 21.3 Å². The average molecular weight is 903 g/mol. The lowest BCUT2D eigenvalue weighted by atomic mass is 9.76. The molecule has 3 fully saturated rings. The Balaban J connectivity index is 1.29. The van der Waals surface area contributed by atoms with E-state index in [1.165, 1.54) is 35.2 Å². The average Bonchev–Trinajstić information content (AvgIpc) is 3.60. The predicted molar refractivity (Wildman–Crippen MR) is 229 cm³/mol. The molecule has 15 unspecified atom stereocenters. The minimum atomic E-state index is -1.30. The Kier molecular flexibility index (Phi) is 17.9. The molecule has 19 nitrogen and oxygen atoms in total. The zero-order valence-electron chi connectivity index (χ0n) is 37.3. The molecule has 356 valence electrons. The van der Waals surface area contributed by atoms with Gasteiger partial charge in [-0.25, -0.2) is 4.79 Å². The van der Waals surface area contributed by atoms with E-state index in [-0.39, 0.29) is 38.8 Å². The van der Waals surface area contributed by atoms with Crippen LogP contribution >= 0.6 is 0 Å². The van der Waals surface area contributed by atoms with Crippen molar-refractivity contribution in [2.45, 2.75) is 93.5 Å². The summed E-state index contributed by atoms with van der Waals surface area (Å²) in [4.78, 5) is 39.3. The van der Waals surface area contributed by atoms with Crippen LogP contribution in [-0.4, -0.2) is 180 Å². The number of methoxy groups -OCH3 is 3. The Labute approximate surface area is 373 Å². The van der Waals surface area contributed by atoms with Crippen LogP contribution < -0.4 is 21.3 Å². The Morgan fingerprint density at radius 2 is 1.17 bits per heavy atom. The Hall–Kier alpha value is -3.83. The fourth-order valence-corrected chi connectivity index (χ4v) is 10.3. The van der Waals surface area contributed by atoms with Crippen LogP contribution in [-0.2, 0) is 47.5 Å². The van der Waals surface area contributed by atoms with Crippen LogP contribution in [0.3, 0.4) is 0 Å². The molecule has 0 spiro atoms. The highest BCUT2D eigenvalue weighted by Gasteiger charge is 2.55. The normalized spacial score (nSPS) is 33.8. The van der Waals surface area contributed by atoms with Gasteiger partial charge in [-0.1, -0.05) is 48.5 Å². The minimum absolute atomic E-state index is 0.00892. The molecule has 2 saturated heterocycles. The van der Waals surface area contributed by atoms with Crippen molar-refractivity contribution in [3.63, 3.8) is 0 Å². The van der Waals surface area contributed by atoms with Crippen molar-refractivity contribution in [2.24, 2.45) is 23.7 Å². The molecule has 15 atom stereocenters. The second kappa shape index (κ2) is 23.1. The van der Waals surface area contributed by atoms with E-state index < -0.39 is 122 Å². The Morgan fingerprint density at radius 3 is 1.67 bits per heavy atom. The predicted octanol–water partition coefficient (Wildman–Crippen LogP) is -0.143. The van der Waals surface area contributed by atoms with E-state index in [9.17, 15) is 34.8 Å². The number of alkyl carbamates (subject to hydrolysis) is 1. The first kappa shape index (κ1) is 49.6. The lowest BCUT2D eigenvalue weighted by molar-refractivity contribution is -0.325. The number of aliphatic hydroxyl groups excluding tert-OH is 4. The molecule has 19 heteroatoms. The molecule has 64 heavy (non-hydrogen) atoms. The van der Waals surface area contributed by atoms with Gasteiger partial charge in [0.05, 0.1) is 62.2 Å². The smallest absolute Gasteiger partial charge is 0.407 e. The van der Waals surface area contributed by atoms with Crippen LogP contribution in [0.5, 0.6) is 0 Å². The summed E-state index contributed by atoms with van der Waals surface area (Å²) >= 11 is 0. The first-order valence-corrected chi connectivity index (χ1v) is 21.9. The molecule has 0 bridgehead atoms. The van der Waals surface area contributed by atoms with Crippen molar-refractivity contribution >= 4 is 17.9 Å². The van der Waals surface area contributed by atoms with Gasteiger partial charge < -0.3 is 79.6 Å². The third-order valence-electron chi connectivity index (χ3n) is 13.1. The number of fused-ring (bicyclic) bond motifs is 3. The molecule has 0 radical (unpaired) electrons. The number of nitrogens with one attached hydrogen (secondary N) is 4. The molecule has 3 amide bonds. The van der Waals surface area contributed by atoms with Crippen LogP contribution in [0.2, 0.25) is 0 Å². The summed E-state index contributed by atoms with van der Waals surface area (Å²) in [6.45, 7) is 1.18. The van der Waals surface area contributed by atoms with Crippen LogP contribution in [0, 0.1) is 23.7 Å². The number of rotatable bonds is 19. The number of aliphatic hydroxyl groups is 4. The first-order chi connectivity index (χ1) is 31.0. The van der Waals surface area contributed by atoms with E-state index in [0.29, 0.717) is 6.54 Å². The maximum absolute atomic E-state index is 13.8. The molecule has 2 aliphatic heterocycles. The lowest BCUT2D eigenvalue weighted by Crippen LogP contribution is -2.68. The van der Waals surface area contributed by atoms with Crippen LogP contribution in [0.25, 0.3) is 11.1 Å². The highest BCUT2D eigenvalue weighted by Crippen LogP contribution is 2.45. The van der Waals surface area contributed by atoms with Gasteiger partial charge in [0.15, 0.2) is 12.6 Å². The van der Waals surface area contributed by atoms with E-state index in [0.717, 1.165) is 22.3 Å². The Bertz CT molecular complexity index is 1800. The number of benzene rings is 2. The molecule has 2 heterocycles. The second-order valence-corrected chi connectivity index (χ2v) is 16.9. The highest BCUT2D eigenvalue weighted by atomic mass is 16.7. The van der Waals surface area contributed by atoms with Crippen molar-refractivity contribution < 1.29 is 72.7 Å². The summed E-state index contributed by atoms with van der Waals surface area (Å²) in [5, 5.41) is 55.0. The number of likely N-dealkylation sites (N-methyl/N-ethyl adjacent to an activating group) is 1. The fourth-order valence-electron chi connectivity index (χ4n) is 10.3. The van der Waals surface area contributed by atoms with Gasteiger partial charge in [-0.15, -0.1) is 0 Å². The topological polar surface area (TPSA) is 254 Å². The standard InChI is InChI=1S/C45H66N4O15/c1-23(54)47-34-15-35(48-24(2)55)40(64-44-41(58-5)30(18-51)29(17-50)36(61-44)16-46-3)32(20-53)39(34)63-43-31(19-52)38(42(59-6)37(62-43)22-57-4)49-45(56)60-21-33-27-13-9-7-11-25(27)26-12-8-10-14-28(26)33/h7-14,29-44,46,50-53H,15-22H2,1-6H3,(H,47,54)(H,48,55)(H,49,56). The van der Waals surface area contributed by atoms with Gasteiger partial charge in [-0.05, 0) is 35.7 Å². The maximum Gasteiger partial charge on any atom is 0.407 e. The van der Waals surface area contributed by atoms with Crippen molar-refractivity contribution in [3.8, 4) is 11.1 Å². The van der Waals surface area contributed by atoms with E-state index in [1.54, 1.807) is 7.05 Å². The molecule has 8 N–H and O–H groups in total. The summed E-state index contributed by atoms with van der Waals surface area (Å²) in [6, 6.07) is 13.3. The molecular weight excluding hydrogens is 837 g/mol. The van der Waals surface area contributed by atoms with Gasteiger partial charge in [-0.2, -0.15) is 0 Å². The second-order valence-electron chi connectivity index (χ2n) is 16.9. The third kappa shape index (κ3) is 10.7. The molecule has 2 aromatic rings. The Morgan fingerprint density at radius 1 is 0.641 bits per heavy atom. The number of ether oxygens (including phenoxy) is 8. The first-order valence-electron chi connectivity index (χ1n) is 21.9. The fraction of sp³-hybridized carbons (Fsp3) is 0.667. The van der Waals surface area contributed by atoms with E-state index in [4.69, 9.17) is 37.9 Å². The number of amides is 3. The van der Waals surface area contributed by atoms with Gasteiger partial charge in [-0.3, -0.25) is 9.59 Å². The molecule has 2 aromatic carbocycles. The molecular formula is C45H66N4O15. The molecule has 2 aliphatic carbocycles. The van der Waals surface area contributed by atoms with Crippen molar-refractivity contribution in [3.05, 3.63) is 59.7 Å². The minimum Gasteiger partial charge on any atom is -0.449 e. The summed E-state index contributed by atoms with van der Waals surface area (Å²) < 4.78 is 49.6. The summed E-state index contributed by atoms with van der Waals surface area (Å²) in [5.74, 6) is -4.17. The van der Waals surface area contributed by atoms with Gasteiger partial charge in [0.1, 0.15) is 24.9 Å². The van der Waals surface area contributed by atoms with E-state index in [1.807, 2.05) is 48.5 Å². The SMILES string of the molecule is CNCC1OC(OC2C(NC(C)=O)CC(NC(C)=O)C(OC3OC(COC)C(OC)C(NC(=O)OCC4c5ccccc5-c5ccccc54)C3CO)C2CO)C(OC)C(CO)C1CO. The largest absolute Gasteiger partial charge is 0.449 e. The van der Waals surface area contributed by atoms with Crippen molar-refractivity contribution in [1.82, 2.24) is 21.3 Å². The van der Waals surface area contributed by atoms with Crippen LogP contribution in [0.4, 0.5) is 4.79 Å². The maximum atomic E-state index is 13.8. The third-order valence-corrected chi connectivity index (χ3v) is 13.1. The van der Waals surface area contributed by atoms with Crippen LogP contribution in [0.15, 0.2) is 48.5 Å². The molecule has 6 rings (SSSR count). The van der Waals surface area contributed by atoms with Crippen molar-refractivity contribution in [1.29, 1.82) is 0 Å². The number of carbonyl (C=O) groups is 3. The quantitative estimate of drug-likeness (QED) is 0.0914. The number of hydrogen-bond donors (Lipinski definition) is 8. The van der Waals surface area contributed by atoms with Crippen LogP contribution in [0.1, 0.15) is 37.3 Å². The van der Waals surface area contributed by atoms with Crippen molar-refractivity contribution in [2.75, 3.05) is 74.6 Å². The molecule has 1 saturated carbocycles. The monoisotopic (exact) mass is 902 g/mol. The van der Waals surface area contributed by atoms with Gasteiger partial charge in [0.2, 0.25) is 11.8 Å². The number of carbonyl (C=O) groups excluding carboxylic acids is 3. The van der Waals surface area contributed by atoms with Gasteiger partial charge in [0, 0.05) is 78.6 Å². The number of hydrogen-bond acceptors (Lipinski definition) is 16. The highest BCUT2D eigenvalue weighted by molar-refractivity contribution is 5.79. The van der Waals surface area contributed by atoms with E-state index >= 15 is 0 Å². The zero-order chi connectivity index (χ0) is 46.1.